The summed E-state index contributed by atoms with van der Waals surface area (Å²) in [6.07, 6.45) is 4.50. The lowest BCUT2D eigenvalue weighted by atomic mass is 10.1. The van der Waals surface area contributed by atoms with Crippen LogP contribution in [0, 0.1) is 0 Å². The number of rotatable bonds is 6. The zero-order valence-corrected chi connectivity index (χ0v) is 15.1. The largest absolute Gasteiger partial charge is 0.354 e. The lowest BCUT2D eigenvalue weighted by molar-refractivity contribution is 0.0984. The first-order chi connectivity index (χ1) is 13.3. The Balaban J connectivity index is 1.37. The first kappa shape index (κ1) is 17.2. The Kier molecular flexibility index (Phi) is 5.10. The SMILES string of the molecule is O=C(c1ccnc(NCCCc2ccccc2)n1)N1CCc2ccccc21. The average Bonchev–Trinajstić information content (AvgIpc) is 3.16. The predicted octanol–water partition coefficient (Wildman–Crippen LogP) is 3.72. The minimum atomic E-state index is -0.0744. The number of hydrogen-bond acceptors (Lipinski definition) is 4. The minimum absolute atomic E-state index is 0.0744. The highest BCUT2D eigenvalue weighted by Crippen LogP contribution is 2.28. The van der Waals surface area contributed by atoms with Gasteiger partial charge in [-0.1, -0.05) is 48.5 Å². The van der Waals surface area contributed by atoms with E-state index in [1.807, 2.05) is 24.3 Å². The molecule has 5 heteroatoms. The van der Waals surface area contributed by atoms with Gasteiger partial charge in [0.1, 0.15) is 5.69 Å². The molecule has 1 amide bonds. The molecule has 2 aromatic carbocycles. The summed E-state index contributed by atoms with van der Waals surface area (Å²) >= 11 is 0. The van der Waals surface area contributed by atoms with Gasteiger partial charge in [-0.25, -0.2) is 9.97 Å². The highest BCUT2D eigenvalue weighted by atomic mass is 16.2. The Labute approximate surface area is 159 Å². The summed E-state index contributed by atoms with van der Waals surface area (Å²) in [6, 6.07) is 20.1. The third-order valence-corrected chi connectivity index (χ3v) is 4.78. The molecular formula is C22H22N4O. The summed E-state index contributed by atoms with van der Waals surface area (Å²) < 4.78 is 0. The van der Waals surface area contributed by atoms with Crippen LogP contribution in [0.25, 0.3) is 0 Å². The van der Waals surface area contributed by atoms with Gasteiger partial charge in [0, 0.05) is 25.0 Å². The fraction of sp³-hybridized carbons (Fsp3) is 0.227. The van der Waals surface area contributed by atoms with Crippen molar-refractivity contribution in [3.05, 3.63) is 83.7 Å². The summed E-state index contributed by atoms with van der Waals surface area (Å²) in [5.74, 6) is 0.427. The van der Waals surface area contributed by atoms with Crippen LogP contribution in [0.5, 0.6) is 0 Å². The molecule has 1 aliphatic heterocycles. The smallest absolute Gasteiger partial charge is 0.277 e. The molecule has 27 heavy (non-hydrogen) atoms. The van der Waals surface area contributed by atoms with Crippen molar-refractivity contribution >= 4 is 17.5 Å². The Morgan fingerprint density at radius 2 is 1.85 bits per heavy atom. The van der Waals surface area contributed by atoms with Crippen molar-refractivity contribution in [2.45, 2.75) is 19.3 Å². The Bertz CT molecular complexity index is 926. The van der Waals surface area contributed by atoms with E-state index in [4.69, 9.17) is 0 Å². The molecule has 3 aromatic rings. The number of nitrogens with one attached hydrogen (secondary N) is 1. The van der Waals surface area contributed by atoms with E-state index in [0.29, 0.717) is 18.2 Å². The third kappa shape index (κ3) is 3.97. The summed E-state index contributed by atoms with van der Waals surface area (Å²) in [5.41, 5.74) is 3.93. The molecule has 1 aromatic heterocycles. The fourth-order valence-electron chi connectivity index (χ4n) is 3.39. The molecule has 5 nitrogen and oxygen atoms in total. The molecule has 4 rings (SSSR count). The van der Waals surface area contributed by atoms with Crippen molar-refractivity contribution < 1.29 is 4.79 Å². The van der Waals surface area contributed by atoms with Crippen molar-refractivity contribution in [2.24, 2.45) is 0 Å². The fourth-order valence-corrected chi connectivity index (χ4v) is 3.39. The van der Waals surface area contributed by atoms with E-state index in [-0.39, 0.29) is 5.91 Å². The van der Waals surface area contributed by atoms with Crippen LogP contribution in [0.15, 0.2) is 66.9 Å². The van der Waals surface area contributed by atoms with Crippen molar-refractivity contribution in [2.75, 3.05) is 23.3 Å². The summed E-state index contributed by atoms with van der Waals surface area (Å²) in [7, 11) is 0. The molecule has 0 unspecified atom stereocenters. The number of amides is 1. The maximum Gasteiger partial charge on any atom is 0.277 e. The average molecular weight is 358 g/mol. The molecule has 136 valence electrons. The summed E-state index contributed by atoms with van der Waals surface area (Å²) in [6.45, 7) is 1.46. The maximum atomic E-state index is 12.9. The van der Waals surface area contributed by atoms with Crippen molar-refractivity contribution in [3.8, 4) is 0 Å². The second-order valence-corrected chi connectivity index (χ2v) is 6.62. The first-order valence-electron chi connectivity index (χ1n) is 9.32. The zero-order chi connectivity index (χ0) is 18.5. The number of hydrogen-bond donors (Lipinski definition) is 1. The zero-order valence-electron chi connectivity index (χ0n) is 15.1. The summed E-state index contributed by atoms with van der Waals surface area (Å²) in [4.78, 5) is 23.4. The predicted molar refractivity (Wildman–Crippen MR) is 107 cm³/mol. The van der Waals surface area contributed by atoms with Gasteiger partial charge < -0.3 is 10.2 Å². The van der Waals surface area contributed by atoms with Gasteiger partial charge in [0.25, 0.3) is 5.91 Å². The van der Waals surface area contributed by atoms with Crippen molar-refractivity contribution in [1.29, 1.82) is 0 Å². The summed E-state index contributed by atoms with van der Waals surface area (Å²) in [5, 5.41) is 3.23. The number of anilines is 2. The lowest BCUT2D eigenvalue weighted by Crippen LogP contribution is -2.29. The second-order valence-electron chi connectivity index (χ2n) is 6.62. The van der Waals surface area contributed by atoms with Crippen LogP contribution in [0.2, 0.25) is 0 Å². The van der Waals surface area contributed by atoms with E-state index in [1.165, 1.54) is 11.1 Å². The standard InChI is InChI=1S/C22H22N4O/c27-21(26-16-13-18-10-4-5-11-20(18)26)19-12-15-24-22(25-19)23-14-6-9-17-7-2-1-3-8-17/h1-5,7-8,10-12,15H,6,9,13-14,16H2,(H,23,24,25). The molecular weight excluding hydrogens is 336 g/mol. The van der Waals surface area contributed by atoms with Gasteiger partial charge in [0.2, 0.25) is 5.95 Å². The highest BCUT2D eigenvalue weighted by molar-refractivity contribution is 6.06. The lowest BCUT2D eigenvalue weighted by Gasteiger charge is -2.17. The van der Waals surface area contributed by atoms with Crippen LogP contribution in [-0.4, -0.2) is 29.0 Å². The quantitative estimate of drug-likeness (QED) is 0.682. The number of benzene rings is 2. The first-order valence-corrected chi connectivity index (χ1v) is 9.32. The monoisotopic (exact) mass is 358 g/mol. The number of fused-ring (bicyclic) bond motifs is 1. The van der Waals surface area contributed by atoms with Gasteiger partial charge >= 0.3 is 0 Å². The molecule has 0 atom stereocenters. The minimum Gasteiger partial charge on any atom is -0.354 e. The number of carbonyl (C=O) groups is 1. The van der Waals surface area contributed by atoms with E-state index >= 15 is 0 Å². The number of aromatic nitrogens is 2. The second kappa shape index (κ2) is 7.99. The molecule has 2 heterocycles. The van der Waals surface area contributed by atoms with Crippen LogP contribution < -0.4 is 10.2 Å². The number of aryl methyl sites for hydroxylation is 1. The topological polar surface area (TPSA) is 58.1 Å². The van der Waals surface area contributed by atoms with Crippen LogP contribution in [0.3, 0.4) is 0 Å². The van der Waals surface area contributed by atoms with Crippen LogP contribution in [-0.2, 0) is 12.8 Å². The Hall–Kier alpha value is -3.21. The van der Waals surface area contributed by atoms with Gasteiger partial charge in [-0.15, -0.1) is 0 Å². The van der Waals surface area contributed by atoms with Gasteiger partial charge in [0.15, 0.2) is 0 Å². The van der Waals surface area contributed by atoms with Gasteiger partial charge in [-0.05, 0) is 42.5 Å². The van der Waals surface area contributed by atoms with E-state index in [0.717, 1.165) is 31.5 Å². The molecule has 0 bridgehead atoms. The maximum absolute atomic E-state index is 12.9. The normalized spacial score (nSPS) is 12.7. The third-order valence-electron chi connectivity index (χ3n) is 4.78. The Morgan fingerprint density at radius 1 is 1.04 bits per heavy atom. The Morgan fingerprint density at radius 3 is 2.74 bits per heavy atom. The molecule has 0 saturated carbocycles. The van der Waals surface area contributed by atoms with E-state index < -0.39 is 0 Å². The van der Waals surface area contributed by atoms with Crippen LogP contribution in [0.4, 0.5) is 11.6 Å². The van der Waals surface area contributed by atoms with Gasteiger partial charge in [-0.2, -0.15) is 0 Å². The van der Waals surface area contributed by atoms with Crippen molar-refractivity contribution in [3.63, 3.8) is 0 Å². The number of carbonyl (C=O) groups excluding carboxylic acids is 1. The van der Waals surface area contributed by atoms with Gasteiger partial charge in [0.05, 0.1) is 0 Å². The molecule has 0 aliphatic carbocycles. The van der Waals surface area contributed by atoms with Gasteiger partial charge in [-0.3, -0.25) is 4.79 Å². The van der Waals surface area contributed by atoms with E-state index in [2.05, 4.69) is 45.6 Å². The van der Waals surface area contributed by atoms with E-state index in [9.17, 15) is 4.79 Å². The molecule has 1 N–H and O–H groups in total. The molecule has 1 aliphatic rings. The molecule has 0 radical (unpaired) electrons. The van der Waals surface area contributed by atoms with Crippen molar-refractivity contribution in [1.82, 2.24) is 9.97 Å². The molecule has 0 spiro atoms. The van der Waals surface area contributed by atoms with Crippen LogP contribution >= 0.6 is 0 Å². The number of nitrogens with zero attached hydrogens (tertiary/aromatic N) is 3. The molecule has 0 fully saturated rings. The molecule has 0 saturated heterocycles. The highest BCUT2D eigenvalue weighted by Gasteiger charge is 2.26. The number of para-hydroxylation sites is 1. The van der Waals surface area contributed by atoms with E-state index in [1.54, 1.807) is 17.2 Å². The van der Waals surface area contributed by atoms with Crippen LogP contribution in [0.1, 0.15) is 28.0 Å².